The van der Waals surface area contributed by atoms with E-state index in [0.29, 0.717) is 10.6 Å². The predicted octanol–water partition coefficient (Wildman–Crippen LogP) is 1.64. The van der Waals surface area contributed by atoms with Crippen LogP contribution in [0.2, 0.25) is 5.02 Å². The van der Waals surface area contributed by atoms with Crippen molar-refractivity contribution < 1.29 is 9.53 Å². The maximum atomic E-state index is 11.5. The summed E-state index contributed by atoms with van der Waals surface area (Å²) in [5, 5.41) is 3.81. The largest absolute Gasteiger partial charge is 0.367 e. The minimum absolute atomic E-state index is 0.0234. The summed E-state index contributed by atoms with van der Waals surface area (Å²) in [5.74, 6) is -0.483. The Labute approximate surface area is 111 Å². The maximum Gasteiger partial charge on any atom is 0.251 e. The van der Waals surface area contributed by atoms with Crippen LogP contribution in [0.15, 0.2) is 24.3 Å². The van der Waals surface area contributed by atoms with E-state index in [4.69, 9.17) is 22.1 Å². The molecule has 3 N–H and O–H groups in total. The van der Waals surface area contributed by atoms with Crippen molar-refractivity contribution in [2.75, 3.05) is 13.1 Å². The molecule has 5 heteroatoms. The highest BCUT2D eigenvalue weighted by atomic mass is 35.5. The van der Waals surface area contributed by atoms with Crippen LogP contribution < -0.4 is 11.1 Å². The fourth-order valence-electron chi connectivity index (χ4n) is 2.11. The molecule has 1 aromatic rings. The molecule has 1 aliphatic heterocycles. The van der Waals surface area contributed by atoms with Gasteiger partial charge < -0.3 is 15.8 Å². The summed E-state index contributed by atoms with van der Waals surface area (Å²) < 4.78 is 5.80. The minimum Gasteiger partial charge on any atom is -0.367 e. The normalized spacial score (nSPS) is 21.5. The van der Waals surface area contributed by atoms with Gasteiger partial charge in [-0.1, -0.05) is 23.7 Å². The van der Waals surface area contributed by atoms with Gasteiger partial charge in [-0.15, -0.1) is 0 Å². The number of rotatable bonds is 4. The molecular weight excluding hydrogens is 252 g/mol. The predicted molar refractivity (Wildman–Crippen MR) is 70.4 cm³/mol. The first-order valence-electron chi connectivity index (χ1n) is 6.08. The highest BCUT2D eigenvalue weighted by Gasteiger charge is 2.24. The fourth-order valence-corrected chi connectivity index (χ4v) is 2.31. The zero-order valence-corrected chi connectivity index (χ0v) is 10.8. The third-order valence-corrected chi connectivity index (χ3v) is 3.23. The van der Waals surface area contributed by atoms with Crippen LogP contribution in [0, 0.1) is 0 Å². The van der Waals surface area contributed by atoms with Crippen molar-refractivity contribution in [2.45, 2.75) is 25.0 Å². The molecule has 2 atom stereocenters. The monoisotopic (exact) mass is 268 g/mol. The molecule has 0 radical (unpaired) electrons. The highest BCUT2D eigenvalue weighted by Crippen LogP contribution is 2.23. The number of primary amides is 1. The van der Waals surface area contributed by atoms with Crippen LogP contribution in [0.25, 0.3) is 0 Å². The SMILES string of the molecule is NC(=O)[C@H](O[C@@H]1CCCNC1)c1cccc(Cl)c1. The first-order valence-corrected chi connectivity index (χ1v) is 6.45. The van der Waals surface area contributed by atoms with Crippen LogP contribution in [0.4, 0.5) is 0 Å². The summed E-state index contributed by atoms with van der Waals surface area (Å²) in [6.45, 7) is 1.75. The first-order chi connectivity index (χ1) is 8.66. The van der Waals surface area contributed by atoms with E-state index in [1.54, 1.807) is 24.3 Å². The van der Waals surface area contributed by atoms with Gasteiger partial charge in [-0.2, -0.15) is 0 Å². The summed E-state index contributed by atoms with van der Waals surface area (Å²) in [6, 6.07) is 7.06. The number of amides is 1. The van der Waals surface area contributed by atoms with Crippen molar-refractivity contribution >= 4 is 17.5 Å². The van der Waals surface area contributed by atoms with Crippen molar-refractivity contribution in [1.29, 1.82) is 0 Å². The maximum absolute atomic E-state index is 11.5. The summed E-state index contributed by atoms with van der Waals surface area (Å²) in [7, 11) is 0. The molecule has 0 aliphatic carbocycles. The quantitative estimate of drug-likeness (QED) is 0.872. The zero-order chi connectivity index (χ0) is 13.0. The van der Waals surface area contributed by atoms with Crippen LogP contribution in [-0.2, 0) is 9.53 Å². The molecular formula is C13H17ClN2O2. The zero-order valence-electron chi connectivity index (χ0n) is 10.1. The van der Waals surface area contributed by atoms with Crippen LogP contribution in [0.3, 0.4) is 0 Å². The molecule has 2 rings (SSSR count). The van der Waals surface area contributed by atoms with Gasteiger partial charge in [0.15, 0.2) is 6.10 Å². The Morgan fingerprint density at radius 1 is 1.56 bits per heavy atom. The van der Waals surface area contributed by atoms with Gasteiger partial charge in [-0.25, -0.2) is 0 Å². The molecule has 1 saturated heterocycles. The van der Waals surface area contributed by atoms with Gasteiger partial charge in [0.1, 0.15) is 0 Å². The van der Waals surface area contributed by atoms with Crippen LogP contribution >= 0.6 is 11.6 Å². The lowest BCUT2D eigenvalue weighted by molar-refractivity contribution is -0.134. The van der Waals surface area contributed by atoms with Crippen molar-refractivity contribution in [3.05, 3.63) is 34.9 Å². The second kappa shape index (κ2) is 6.18. The number of nitrogens with two attached hydrogens (primary N) is 1. The molecule has 1 aromatic carbocycles. The van der Waals surface area contributed by atoms with Gasteiger partial charge >= 0.3 is 0 Å². The van der Waals surface area contributed by atoms with Gasteiger partial charge in [0.25, 0.3) is 5.91 Å². The molecule has 1 fully saturated rings. The van der Waals surface area contributed by atoms with Gasteiger partial charge in [0.05, 0.1) is 6.10 Å². The van der Waals surface area contributed by atoms with E-state index in [1.807, 2.05) is 0 Å². The third-order valence-electron chi connectivity index (χ3n) is 2.99. The second-order valence-corrected chi connectivity index (χ2v) is 4.88. The highest BCUT2D eigenvalue weighted by molar-refractivity contribution is 6.30. The van der Waals surface area contributed by atoms with E-state index in [2.05, 4.69) is 5.32 Å². The summed E-state index contributed by atoms with van der Waals surface area (Å²) in [5.41, 5.74) is 6.12. The van der Waals surface area contributed by atoms with E-state index in [-0.39, 0.29) is 6.10 Å². The van der Waals surface area contributed by atoms with Crippen LogP contribution in [-0.4, -0.2) is 25.1 Å². The standard InChI is InChI=1S/C13H17ClN2O2/c14-10-4-1-3-9(7-10)12(13(15)17)18-11-5-2-6-16-8-11/h1,3-4,7,11-12,16H,2,5-6,8H2,(H2,15,17)/t11-,12-/m1/s1. The van der Waals surface area contributed by atoms with Crippen molar-refractivity contribution in [2.24, 2.45) is 5.73 Å². The number of hydrogen-bond donors (Lipinski definition) is 2. The van der Waals surface area contributed by atoms with Crippen molar-refractivity contribution in [3.63, 3.8) is 0 Å². The molecule has 0 saturated carbocycles. The summed E-state index contributed by atoms with van der Waals surface area (Å²) in [6.07, 6.45) is 1.28. The van der Waals surface area contributed by atoms with E-state index in [1.165, 1.54) is 0 Å². The lowest BCUT2D eigenvalue weighted by Gasteiger charge is -2.27. The van der Waals surface area contributed by atoms with Gasteiger partial charge in [0, 0.05) is 11.6 Å². The van der Waals surface area contributed by atoms with Gasteiger partial charge in [0.2, 0.25) is 0 Å². The molecule has 0 aromatic heterocycles. The Morgan fingerprint density at radius 3 is 3.00 bits per heavy atom. The number of benzene rings is 1. The fraction of sp³-hybridized carbons (Fsp3) is 0.462. The Kier molecular flexibility index (Phi) is 4.58. The van der Waals surface area contributed by atoms with Gasteiger partial charge in [-0.3, -0.25) is 4.79 Å². The Hall–Kier alpha value is -1.10. The number of carbonyl (C=O) groups is 1. The number of hydrogen-bond acceptors (Lipinski definition) is 3. The number of piperidine rings is 1. The minimum atomic E-state index is -0.728. The Balaban J connectivity index is 2.10. The smallest absolute Gasteiger partial charge is 0.251 e. The molecule has 1 amide bonds. The van der Waals surface area contributed by atoms with E-state index in [0.717, 1.165) is 25.9 Å². The summed E-state index contributed by atoms with van der Waals surface area (Å²) in [4.78, 5) is 11.5. The molecule has 0 bridgehead atoms. The third kappa shape index (κ3) is 3.45. The number of nitrogens with one attached hydrogen (secondary N) is 1. The Bertz CT molecular complexity index is 419. The average molecular weight is 269 g/mol. The first kappa shape index (κ1) is 13.3. The van der Waals surface area contributed by atoms with Crippen molar-refractivity contribution in [1.82, 2.24) is 5.32 Å². The number of ether oxygens (including phenoxy) is 1. The lowest BCUT2D eigenvalue weighted by atomic mass is 10.1. The molecule has 18 heavy (non-hydrogen) atoms. The average Bonchev–Trinajstić information content (AvgIpc) is 2.37. The molecule has 0 unspecified atom stereocenters. The molecule has 98 valence electrons. The molecule has 1 aliphatic rings. The van der Waals surface area contributed by atoms with Crippen molar-refractivity contribution in [3.8, 4) is 0 Å². The number of carbonyl (C=O) groups excluding carboxylic acids is 1. The van der Waals surface area contributed by atoms with Crippen LogP contribution in [0.1, 0.15) is 24.5 Å². The molecule has 4 nitrogen and oxygen atoms in total. The van der Waals surface area contributed by atoms with Crippen LogP contribution in [0.5, 0.6) is 0 Å². The Morgan fingerprint density at radius 2 is 2.39 bits per heavy atom. The van der Waals surface area contributed by atoms with Gasteiger partial charge in [-0.05, 0) is 37.1 Å². The van der Waals surface area contributed by atoms with E-state index < -0.39 is 12.0 Å². The molecule has 0 spiro atoms. The topological polar surface area (TPSA) is 64.4 Å². The molecule has 1 heterocycles. The summed E-state index contributed by atoms with van der Waals surface area (Å²) >= 11 is 5.92. The van der Waals surface area contributed by atoms with E-state index in [9.17, 15) is 4.79 Å². The second-order valence-electron chi connectivity index (χ2n) is 4.44. The number of halogens is 1. The van der Waals surface area contributed by atoms with E-state index >= 15 is 0 Å². The lowest BCUT2D eigenvalue weighted by Crippen LogP contribution is -2.38.